The molecule has 2 heterocycles. The average molecular weight is 279 g/mol. The standard InChI is InChI=1S/C13H17N3O4/c1-8-7-9(15-10(14-8)11(17)20-3)16-6-4-5-13(16,2)12(18)19/h7H,4-6H2,1-3H3,(H,18,19). The highest BCUT2D eigenvalue weighted by Gasteiger charge is 2.44. The first-order chi connectivity index (χ1) is 9.38. The molecule has 108 valence electrons. The van der Waals surface area contributed by atoms with Gasteiger partial charge in [-0.2, -0.15) is 0 Å². The van der Waals surface area contributed by atoms with E-state index in [0.717, 1.165) is 6.42 Å². The number of rotatable bonds is 3. The molecule has 0 bridgehead atoms. The van der Waals surface area contributed by atoms with E-state index in [-0.39, 0.29) is 5.82 Å². The maximum absolute atomic E-state index is 11.5. The number of aryl methyl sites for hydroxylation is 1. The number of carbonyl (C=O) groups is 2. The van der Waals surface area contributed by atoms with Crippen LogP contribution in [-0.2, 0) is 9.53 Å². The summed E-state index contributed by atoms with van der Waals surface area (Å²) in [5, 5.41) is 9.42. The zero-order chi connectivity index (χ0) is 14.9. The molecule has 0 aromatic carbocycles. The first-order valence-corrected chi connectivity index (χ1v) is 6.33. The molecular formula is C13H17N3O4. The van der Waals surface area contributed by atoms with Gasteiger partial charge in [0, 0.05) is 18.3 Å². The summed E-state index contributed by atoms with van der Waals surface area (Å²) in [7, 11) is 1.25. The number of hydrogen-bond acceptors (Lipinski definition) is 6. The minimum atomic E-state index is -1.01. The lowest BCUT2D eigenvalue weighted by Gasteiger charge is -2.32. The van der Waals surface area contributed by atoms with Gasteiger partial charge in [0.15, 0.2) is 0 Å². The van der Waals surface area contributed by atoms with Crippen LogP contribution in [-0.4, -0.2) is 46.2 Å². The van der Waals surface area contributed by atoms with Crippen LogP contribution in [0.3, 0.4) is 0 Å². The molecular weight excluding hydrogens is 262 g/mol. The molecule has 1 N–H and O–H groups in total. The molecule has 1 atom stereocenters. The van der Waals surface area contributed by atoms with Gasteiger partial charge >= 0.3 is 11.9 Å². The summed E-state index contributed by atoms with van der Waals surface area (Å²) in [5.41, 5.74) is -0.413. The molecule has 0 aliphatic carbocycles. The maximum Gasteiger partial charge on any atom is 0.376 e. The van der Waals surface area contributed by atoms with Crippen LogP contribution < -0.4 is 4.90 Å². The second-order valence-electron chi connectivity index (χ2n) is 5.02. The molecule has 1 aromatic heterocycles. The monoisotopic (exact) mass is 279 g/mol. The SMILES string of the molecule is COC(=O)c1nc(C)cc(N2CCCC2(C)C(=O)O)n1. The van der Waals surface area contributed by atoms with Gasteiger partial charge in [-0.3, -0.25) is 0 Å². The quantitative estimate of drug-likeness (QED) is 0.825. The van der Waals surface area contributed by atoms with E-state index in [4.69, 9.17) is 0 Å². The number of esters is 1. The molecule has 1 aromatic rings. The number of carboxylic acids is 1. The van der Waals surface area contributed by atoms with Crippen molar-refractivity contribution in [2.24, 2.45) is 0 Å². The normalized spacial score (nSPS) is 21.9. The van der Waals surface area contributed by atoms with Crippen LogP contribution in [0, 0.1) is 6.92 Å². The van der Waals surface area contributed by atoms with Crippen molar-refractivity contribution in [3.63, 3.8) is 0 Å². The van der Waals surface area contributed by atoms with Gasteiger partial charge in [-0.05, 0) is 26.7 Å². The molecule has 0 radical (unpaired) electrons. The van der Waals surface area contributed by atoms with E-state index in [1.807, 2.05) is 0 Å². The highest BCUT2D eigenvalue weighted by Crippen LogP contribution is 2.33. The molecule has 1 aliphatic heterocycles. The third-order valence-corrected chi connectivity index (χ3v) is 3.59. The zero-order valence-corrected chi connectivity index (χ0v) is 11.7. The molecule has 20 heavy (non-hydrogen) atoms. The molecule has 1 aliphatic rings. The Kier molecular flexibility index (Phi) is 3.61. The third kappa shape index (κ3) is 2.31. The molecule has 0 amide bonds. The number of aromatic nitrogens is 2. The second kappa shape index (κ2) is 5.07. The molecule has 1 fully saturated rings. The molecule has 1 saturated heterocycles. The van der Waals surface area contributed by atoms with Crippen molar-refractivity contribution in [3.8, 4) is 0 Å². The first-order valence-electron chi connectivity index (χ1n) is 6.33. The van der Waals surface area contributed by atoms with Crippen LogP contribution in [0.5, 0.6) is 0 Å². The largest absolute Gasteiger partial charge is 0.480 e. The van der Waals surface area contributed by atoms with Crippen molar-refractivity contribution in [2.45, 2.75) is 32.2 Å². The van der Waals surface area contributed by atoms with Gasteiger partial charge in [0.25, 0.3) is 0 Å². The molecule has 0 saturated carbocycles. The number of aliphatic carboxylic acids is 1. The lowest BCUT2D eigenvalue weighted by molar-refractivity contribution is -0.142. The number of carboxylic acid groups (broad SMARTS) is 1. The lowest BCUT2D eigenvalue weighted by Crippen LogP contribution is -2.48. The van der Waals surface area contributed by atoms with Gasteiger partial charge in [0.1, 0.15) is 11.4 Å². The predicted molar refractivity (Wildman–Crippen MR) is 70.7 cm³/mol. The van der Waals surface area contributed by atoms with Gasteiger partial charge in [-0.15, -0.1) is 0 Å². The van der Waals surface area contributed by atoms with Crippen LogP contribution in [0.2, 0.25) is 0 Å². The molecule has 2 rings (SSSR count). The number of carbonyl (C=O) groups excluding carboxylic acids is 1. The van der Waals surface area contributed by atoms with E-state index in [1.54, 1.807) is 24.8 Å². The Morgan fingerprint density at radius 3 is 2.75 bits per heavy atom. The van der Waals surface area contributed by atoms with E-state index in [0.29, 0.717) is 24.5 Å². The van der Waals surface area contributed by atoms with Gasteiger partial charge < -0.3 is 14.7 Å². The lowest BCUT2D eigenvalue weighted by atomic mass is 9.99. The van der Waals surface area contributed by atoms with Crippen LogP contribution >= 0.6 is 0 Å². The smallest absolute Gasteiger partial charge is 0.376 e. The second-order valence-corrected chi connectivity index (χ2v) is 5.02. The predicted octanol–water partition coefficient (Wildman–Crippen LogP) is 1.02. The summed E-state index contributed by atoms with van der Waals surface area (Å²) in [6.45, 7) is 3.98. The highest BCUT2D eigenvalue weighted by molar-refractivity contribution is 5.86. The fourth-order valence-electron chi connectivity index (χ4n) is 2.43. The minimum absolute atomic E-state index is 0.0536. The molecule has 0 spiro atoms. The Balaban J connectivity index is 2.45. The summed E-state index contributed by atoms with van der Waals surface area (Å²) >= 11 is 0. The Morgan fingerprint density at radius 2 is 2.15 bits per heavy atom. The zero-order valence-electron chi connectivity index (χ0n) is 11.7. The Hall–Kier alpha value is -2.18. The number of hydrogen-bond donors (Lipinski definition) is 1. The topological polar surface area (TPSA) is 92.6 Å². The molecule has 7 heteroatoms. The van der Waals surface area contributed by atoms with Crippen LogP contribution in [0.1, 0.15) is 36.1 Å². The number of methoxy groups -OCH3 is 1. The van der Waals surface area contributed by atoms with Crippen LogP contribution in [0.25, 0.3) is 0 Å². The van der Waals surface area contributed by atoms with Crippen molar-refractivity contribution in [3.05, 3.63) is 17.6 Å². The van der Waals surface area contributed by atoms with Gasteiger partial charge in [0.2, 0.25) is 5.82 Å². The third-order valence-electron chi connectivity index (χ3n) is 3.59. The molecule has 1 unspecified atom stereocenters. The summed E-state index contributed by atoms with van der Waals surface area (Å²) < 4.78 is 4.61. The van der Waals surface area contributed by atoms with Crippen molar-refractivity contribution in [1.82, 2.24) is 9.97 Å². The molecule has 7 nitrogen and oxygen atoms in total. The van der Waals surface area contributed by atoms with Crippen molar-refractivity contribution in [1.29, 1.82) is 0 Å². The number of anilines is 1. The van der Waals surface area contributed by atoms with Crippen LogP contribution in [0.4, 0.5) is 5.82 Å². The van der Waals surface area contributed by atoms with Crippen LogP contribution in [0.15, 0.2) is 6.07 Å². The number of nitrogens with zero attached hydrogens (tertiary/aromatic N) is 3. The van der Waals surface area contributed by atoms with E-state index in [9.17, 15) is 14.7 Å². The summed E-state index contributed by atoms with van der Waals surface area (Å²) in [6, 6.07) is 1.68. The Labute approximate surface area is 116 Å². The summed E-state index contributed by atoms with van der Waals surface area (Å²) in [4.78, 5) is 32.9. The summed E-state index contributed by atoms with van der Waals surface area (Å²) in [5.74, 6) is -1.14. The Morgan fingerprint density at radius 1 is 1.45 bits per heavy atom. The van der Waals surface area contributed by atoms with Crippen molar-refractivity contribution in [2.75, 3.05) is 18.6 Å². The van der Waals surface area contributed by atoms with E-state index in [2.05, 4.69) is 14.7 Å². The van der Waals surface area contributed by atoms with Gasteiger partial charge in [-0.1, -0.05) is 0 Å². The van der Waals surface area contributed by atoms with E-state index >= 15 is 0 Å². The minimum Gasteiger partial charge on any atom is -0.480 e. The fourth-order valence-corrected chi connectivity index (χ4v) is 2.43. The van der Waals surface area contributed by atoms with E-state index in [1.165, 1.54) is 7.11 Å². The van der Waals surface area contributed by atoms with E-state index < -0.39 is 17.5 Å². The first kappa shape index (κ1) is 14.2. The Bertz CT molecular complexity index is 561. The maximum atomic E-state index is 11.5. The highest BCUT2D eigenvalue weighted by atomic mass is 16.5. The summed E-state index contributed by atoms with van der Waals surface area (Å²) in [6.07, 6.45) is 1.30. The average Bonchev–Trinajstić information content (AvgIpc) is 2.80. The van der Waals surface area contributed by atoms with Crippen molar-refractivity contribution >= 4 is 17.8 Å². The van der Waals surface area contributed by atoms with Gasteiger partial charge in [0.05, 0.1) is 7.11 Å². The van der Waals surface area contributed by atoms with Crippen molar-refractivity contribution < 1.29 is 19.4 Å². The van der Waals surface area contributed by atoms with Gasteiger partial charge in [-0.25, -0.2) is 19.6 Å². The number of ether oxygens (including phenoxy) is 1. The fraction of sp³-hybridized carbons (Fsp3) is 0.538.